The molecule has 0 spiro atoms. The molecule has 1 heterocycles. The predicted octanol–water partition coefficient (Wildman–Crippen LogP) is 2.87. The zero-order valence-corrected chi connectivity index (χ0v) is 16.7. The zero-order chi connectivity index (χ0) is 19.9. The first kappa shape index (κ1) is 20.4. The highest BCUT2D eigenvalue weighted by molar-refractivity contribution is 5.99. The second kappa shape index (κ2) is 9.71. The highest BCUT2D eigenvalue weighted by atomic mass is 16.2. The van der Waals surface area contributed by atoms with Crippen molar-refractivity contribution in [3.63, 3.8) is 0 Å². The van der Waals surface area contributed by atoms with Crippen LogP contribution in [0.3, 0.4) is 0 Å². The van der Waals surface area contributed by atoms with E-state index in [0.29, 0.717) is 32.4 Å². The van der Waals surface area contributed by atoms with Gasteiger partial charge in [0.25, 0.3) is 0 Å². The van der Waals surface area contributed by atoms with Crippen molar-refractivity contribution < 1.29 is 14.4 Å². The molecule has 152 valence electrons. The standard InChI is InChI=1S/C22H31N3O3/c1-2-3-7-14-25-21(27)18-11-10-17(15-19(18)24-22(25)28)20(26)23-13-12-16-8-5-4-6-9-16/h4-6,8-9,17-19H,2-3,7,10-15H2,1H3,(H,23,26)(H,24,28). The van der Waals surface area contributed by atoms with Crippen molar-refractivity contribution in [1.82, 2.24) is 15.5 Å². The molecule has 3 rings (SSSR count). The van der Waals surface area contributed by atoms with Gasteiger partial charge in [-0.1, -0.05) is 50.1 Å². The van der Waals surface area contributed by atoms with E-state index in [9.17, 15) is 14.4 Å². The monoisotopic (exact) mass is 385 g/mol. The Balaban J connectivity index is 1.48. The summed E-state index contributed by atoms with van der Waals surface area (Å²) < 4.78 is 0. The topological polar surface area (TPSA) is 78.5 Å². The van der Waals surface area contributed by atoms with Crippen LogP contribution in [-0.2, 0) is 16.0 Å². The Morgan fingerprint density at radius 3 is 2.71 bits per heavy atom. The van der Waals surface area contributed by atoms with Gasteiger partial charge in [-0.05, 0) is 37.7 Å². The lowest BCUT2D eigenvalue weighted by atomic mass is 9.76. The fourth-order valence-electron chi connectivity index (χ4n) is 4.25. The van der Waals surface area contributed by atoms with E-state index in [2.05, 4.69) is 17.6 Å². The molecule has 0 bridgehead atoms. The van der Waals surface area contributed by atoms with Gasteiger partial charge >= 0.3 is 6.03 Å². The minimum absolute atomic E-state index is 0.0291. The van der Waals surface area contributed by atoms with Gasteiger partial charge in [-0.2, -0.15) is 0 Å². The Morgan fingerprint density at radius 1 is 1.18 bits per heavy atom. The van der Waals surface area contributed by atoms with Crippen molar-refractivity contribution in [1.29, 1.82) is 0 Å². The minimum Gasteiger partial charge on any atom is -0.356 e. The van der Waals surface area contributed by atoms with E-state index in [-0.39, 0.29) is 35.7 Å². The average molecular weight is 386 g/mol. The summed E-state index contributed by atoms with van der Waals surface area (Å²) in [4.78, 5) is 39.0. The molecule has 28 heavy (non-hydrogen) atoms. The van der Waals surface area contributed by atoms with Crippen LogP contribution in [0, 0.1) is 11.8 Å². The molecule has 6 nitrogen and oxygen atoms in total. The Morgan fingerprint density at radius 2 is 1.96 bits per heavy atom. The van der Waals surface area contributed by atoms with Gasteiger partial charge in [-0.25, -0.2) is 4.79 Å². The van der Waals surface area contributed by atoms with Crippen molar-refractivity contribution in [2.24, 2.45) is 11.8 Å². The molecule has 1 saturated carbocycles. The van der Waals surface area contributed by atoms with Crippen LogP contribution < -0.4 is 10.6 Å². The maximum atomic E-state index is 12.7. The lowest BCUT2D eigenvalue weighted by molar-refractivity contribution is -0.139. The molecule has 3 unspecified atom stereocenters. The van der Waals surface area contributed by atoms with Crippen LogP contribution in [0.25, 0.3) is 0 Å². The van der Waals surface area contributed by atoms with E-state index >= 15 is 0 Å². The summed E-state index contributed by atoms with van der Waals surface area (Å²) in [6.07, 6.45) is 5.61. The minimum atomic E-state index is -0.299. The molecule has 2 aliphatic rings. The first-order chi connectivity index (χ1) is 13.6. The van der Waals surface area contributed by atoms with E-state index in [4.69, 9.17) is 0 Å². The highest BCUT2D eigenvalue weighted by Crippen LogP contribution is 2.33. The number of imide groups is 1. The number of urea groups is 1. The summed E-state index contributed by atoms with van der Waals surface area (Å²) in [6, 6.07) is 9.54. The molecule has 1 aromatic carbocycles. The van der Waals surface area contributed by atoms with Crippen LogP contribution in [0.5, 0.6) is 0 Å². The molecule has 1 saturated heterocycles. The molecule has 1 aliphatic carbocycles. The van der Waals surface area contributed by atoms with Gasteiger partial charge in [0.15, 0.2) is 0 Å². The quantitative estimate of drug-likeness (QED) is 0.676. The van der Waals surface area contributed by atoms with Crippen LogP contribution in [0.1, 0.15) is 51.0 Å². The van der Waals surface area contributed by atoms with Gasteiger partial charge < -0.3 is 10.6 Å². The van der Waals surface area contributed by atoms with Gasteiger partial charge in [0.05, 0.1) is 5.92 Å². The summed E-state index contributed by atoms with van der Waals surface area (Å²) >= 11 is 0. The maximum Gasteiger partial charge on any atom is 0.324 e. The largest absolute Gasteiger partial charge is 0.356 e. The second-order valence-electron chi connectivity index (χ2n) is 7.90. The number of hydrogen-bond acceptors (Lipinski definition) is 3. The maximum absolute atomic E-state index is 12.7. The Bertz CT molecular complexity index is 692. The molecule has 0 radical (unpaired) electrons. The van der Waals surface area contributed by atoms with E-state index in [1.165, 1.54) is 10.5 Å². The van der Waals surface area contributed by atoms with Crippen LogP contribution in [0.2, 0.25) is 0 Å². The number of nitrogens with zero attached hydrogens (tertiary/aromatic N) is 1. The van der Waals surface area contributed by atoms with Crippen LogP contribution >= 0.6 is 0 Å². The van der Waals surface area contributed by atoms with Gasteiger partial charge in [0, 0.05) is 25.0 Å². The summed E-state index contributed by atoms with van der Waals surface area (Å²) in [5, 5.41) is 5.99. The summed E-state index contributed by atoms with van der Waals surface area (Å²) in [6.45, 7) is 3.19. The Hall–Kier alpha value is -2.37. The summed E-state index contributed by atoms with van der Waals surface area (Å²) in [7, 11) is 0. The first-order valence-corrected chi connectivity index (χ1v) is 10.5. The van der Waals surface area contributed by atoms with Crippen LogP contribution in [0.4, 0.5) is 4.79 Å². The number of unbranched alkanes of at least 4 members (excludes halogenated alkanes) is 2. The number of hydrogen-bond donors (Lipinski definition) is 2. The SMILES string of the molecule is CCCCCN1C(=O)NC2CC(C(=O)NCCc3ccccc3)CCC2C1=O. The Kier molecular flexibility index (Phi) is 7.06. The van der Waals surface area contributed by atoms with Crippen molar-refractivity contribution in [2.45, 2.75) is 57.9 Å². The number of carbonyl (C=O) groups excluding carboxylic acids is 3. The molecule has 2 N–H and O–H groups in total. The normalized spacial score (nSPS) is 24.5. The van der Waals surface area contributed by atoms with Crippen LogP contribution in [-0.4, -0.2) is 41.9 Å². The fourth-order valence-corrected chi connectivity index (χ4v) is 4.25. The van der Waals surface area contributed by atoms with Gasteiger partial charge in [-0.3, -0.25) is 14.5 Å². The van der Waals surface area contributed by atoms with E-state index in [0.717, 1.165) is 25.7 Å². The number of fused-ring (bicyclic) bond motifs is 1. The van der Waals surface area contributed by atoms with Crippen molar-refractivity contribution in [3.05, 3.63) is 35.9 Å². The number of nitrogens with one attached hydrogen (secondary N) is 2. The number of rotatable bonds is 8. The van der Waals surface area contributed by atoms with Gasteiger partial charge in [0.2, 0.25) is 11.8 Å². The molecule has 3 atom stereocenters. The van der Waals surface area contributed by atoms with Crippen LogP contribution in [0.15, 0.2) is 30.3 Å². The Labute approximate surface area is 167 Å². The molecule has 2 fully saturated rings. The number of benzene rings is 1. The molecule has 1 aromatic rings. The predicted molar refractivity (Wildman–Crippen MR) is 108 cm³/mol. The van der Waals surface area contributed by atoms with E-state index in [1.807, 2.05) is 30.3 Å². The lowest BCUT2D eigenvalue weighted by Crippen LogP contribution is -2.62. The summed E-state index contributed by atoms with van der Waals surface area (Å²) in [5.74, 6) is -0.362. The van der Waals surface area contributed by atoms with E-state index < -0.39 is 0 Å². The highest BCUT2D eigenvalue weighted by Gasteiger charge is 2.45. The van der Waals surface area contributed by atoms with Gasteiger partial charge in [0.1, 0.15) is 0 Å². The van der Waals surface area contributed by atoms with Crippen molar-refractivity contribution in [2.75, 3.05) is 13.1 Å². The lowest BCUT2D eigenvalue weighted by Gasteiger charge is -2.42. The molecular formula is C22H31N3O3. The number of amides is 4. The molecule has 0 aromatic heterocycles. The van der Waals surface area contributed by atoms with Gasteiger partial charge in [-0.15, -0.1) is 0 Å². The molecule has 1 aliphatic heterocycles. The first-order valence-electron chi connectivity index (χ1n) is 10.5. The second-order valence-corrected chi connectivity index (χ2v) is 7.90. The number of carbonyl (C=O) groups is 3. The van der Waals surface area contributed by atoms with Crippen molar-refractivity contribution >= 4 is 17.8 Å². The molecule has 4 amide bonds. The fraction of sp³-hybridized carbons (Fsp3) is 0.591. The third-order valence-corrected chi connectivity index (χ3v) is 5.90. The third kappa shape index (κ3) is 4.91. The smallest absolute Gasteiger partial charge is 0.324 e. The van der Waals surface area contributed by atoms with Crippen molar-refractivity contribution in [3.8, 4) is 0 Å². The zero-order valence-electron chi connectivity index (χ0n) is 16.7. The average Bonchev–Trinajstić information content (AvgIpc) is 2.71. The molecular weight excluding hydrogens is 354 g/mol. The third-order valence-electron chi connectivity index (χ3n) is 5.90. The molecule has 6 heteroatoms. The summed E-state index contributed by atoms with van der Waals surface area (Å²) in [5.41, 5.74) is 1.19. The van der Waals surface area contributed by atoms with E-state index in [1.54, 1.807) is 0 Å².